The zero-order chi connectivity index (χ0) is 14.8. The van der Waals surface area contributed by atoms with E-state index in [1.54, 1.807) is 0 Å². The lowest BCUT2D eigenvalue weighted by molar-refractivity contribution is -0.164. The van der Waals surface area contributed by atoms with Gasteiger partial charge in [0.15, 0.2) is 0 Å². The average Bonchev–Trinajstić information content (AvgIpc) is 2.73. The first-order chi connectivity index (χ1) is 9.97. The Morgan fingerprint density at radius 1 is 1.00 bits per heavy atom. The van der Waals surface area contributed by atoms with Crippen molar-refractivity contribution in [1.82, 2.24) is 0 Å². The quantitative estimate of drug-likeness (QED) is 0.670. The third kappa shape index (κ3) is 1.78. The number of allylic oxidation sites excluding steroid dienone is 2. The van der Waals surface area contributed by atoms with Gasteiger partial charge in [-0.2, -0.15) is 0 Å². The maximum absolute atomic E-state index is 11.0. The summed E-state index contributed by atoms with van der Waals surface area (Å²) in [6.45, 7) is 4.68. The van der Waals surface area contributed by atoms with Gasteiger partial charge in [-0.15, -0.1) is 0 Å². The lowest BCUT2D eigenvalue weighted by atomic mass is 9.45. The van der Waals surface area contributed by atoms with Gasteiger partial charge in [0, 0.05) is 0 Å². The Morgan fingerprint density at radius 2 is 1.81 bits per heavy atom. The Hall–Kier alpha value is -0.340. The summed E-state index contributed by atoms with van der Waals surface area (Å²) >= 11 is 0. The average molecular weight is 290 g/mol. The molecule has 0 heterocycles. The van der Waals surface area contributed by atoms with Crippen molar-refractivity contribution in [2.24, 2.45) is 34.5 Å². The Labute approximate surface area is 128 Å². The van der Waals surface area contributed by atoms with Gasteiger partial charge in [0.2, 0.25) is 0 Å². The van der Waals surface area contributed by atoms with Crippen molar-refractivity contribution in [2.45, 2.75) is 71.0 Å². The highest BCUT2D eigenvalue weighted by Crippen LogP contribution is 2.65. The van der Waals surface area contributed by atoms with Gasteiger partial charge in [-0.3, -0.25) is 0 Å². The molecule has 0 radical (unpaired) electrons. The molecule has 2 heteroatoms. The molecule has 0 aliphatic heterocycles. The number of fused-ring (bicyclic) bond motifs is 5. The molecule has 0 aromatic carbocycles. The Morgan fingerprint density at radius 3 is 2.62 bits per heavy atom. The van der Waals surface area contributed by atoms with Crippen molar-refractivity contribution in [3.63, 3.8) is 0 Å². The van der Waals surface area contributed by atoms with E-state index in [0.29, 0.717) is 23.7 Å². The van der Waals surface area contributed by atoms with E-state index in [-0.39, 0.29) is 23.0 Å². The largest absolute Gasteiger partial charge is 0.393 e. The fourth-order valence-electron chi connectivity index (χ4n) is 6.93. The first kappa shape index (κ1) is 14.3. The van der Waals surface area contributed by atoms with E-state index in [2.05, 4.69) is 26.0 Å². The van der Waals surface area contributed by atoms with Crippen LogP contribution in [0.25, 0.3) is 0 Å². The van der Waals surface area contributed by atoms with E-state index < -0.39 is 0 Å². The normalized spacial score (nSPS) is 59.2. The summed E-state index contributed by atoms with van der Waals surface area (Å²) in [6.07, 6.45) is 12.2. The van der Waals surface area contributed by atoms with Crippen LogP contribution in [0.15, 0.2) is 12.2 Å². The van der Waals surface area contributed by atoms with E-state index in [9.17, 15) is 10.2 Å². The minimum Gasteiger partial charge on any atom is -0.393 e. The van der Waals surface area contributed by atoms with Gasteiger partial charge in [0.25, 0.3) is 0 Å². The summed E-state index contributed by atoms with van der Waals surface area (Å²) in [4.78, 5) is 0. The predicted molar refractivity (Wildman–Crippen MR) is 83.6 cm³/mol. The van der Waals surface area contributed by atoms with E-state index in [0.717, 1.165) is 12.8 Å². The molecule has 0 bridgehead atoms. The van der Waals surface area contributed by atoms with Crippen molar-refractivity contribution in [1.29, 1.82) is 0 Å². The van der Waals surface area contributed by atoms with Gasteiger partial charge in [-0.05, 0) is 79.4 Å². The molecular weight excluding hydrogens is 260 g/mol. The van der Waals surface area contributed by atoms with Crippen LogP contribution in [0.3, 0.4) is 0 Å². The summed E-state index contributed by atoms with van der Waals surface area (Å²) in [5.74, 6) is 2.37. The summed E-state index contributed by atoms with van der Waals surface area (Å²) in [6, 6.07) is 0. The highest BCUT2D eigenvalue weighted by Gasteiger charge is 2.62. The van der Waals surface area contributed by atoms with Gasteiger partial charge >= 0.3 is 0 Å². The summed E-state index contributed by atoms with van der Waals surface area (Å²) in [5.41, 5.74) is 0.250. The second-order valence-electron chi connectivity index (χ2n) is 8.82. The molecule has 2 N–H and O–H groups in total. The van der Waals surface area contributed by atoms with Crippen LogP contribution in [-0.2, 0) is 0 Å². The number of rotatable bonds is 0. The molecule has 4 aliphatic rings. The SMILES string of the molecule is C[C@]12C[C@@H](O)[C@H]3[C@@H](CCC4C=CCC[C@@]43C)[C@@H]1CC[C@@H]2O. The highest BCUT2D eigenvalue weighted by molar-refractivity contribution is 5.15. The summed E-state index contributed by atoms with van der Waals surface area (Å²) in [5, 5.41) is 21.5. The molecule has 0 aromatic rings. The Bertz CT molecular complexity index is 458. The maximum Gasteiger partial charge on any atom is 0.0597 e. The molecule has 0 saturated heterocycles. The first-order valence-corrected chi connectivity index (χ1v) is 8.99. The molecule has 21 heavy (non-hydrogen) atoms. The maximum atomic E-state index is 11.0. The summed E-state index contributed by atoms with van der Waals surface area (Å²) in [7, 11) is 0. The van der Waals surface area contributed by atoms with Crippen molar-refractivity contribution in [3.8, 4) is 0 Å². The fourth-order valence-corrected chi connectivity index (χ4v) is 6.93. The zero-order valence-corrected chi connectivity index (χ0v) is 13.5. The van der Waals surface area contributed by atoms with E-state index in [4.69, 9.17) is 0 Å². The van der Waals surface area contributed by atoms with E-state index in [1.807, 2.05) is 0 Å². The molecular formula is C19H30O2. The molecule has 0 aromatic heterocycles. The zero-order valence-electron chi connectivity index (χ0n) is 13.5. The van der Waals surface area contributed by atoms with Crippen LogP contribution in [0.2, 0.25) is 0 Å². The van der Waals surface area contributed by atoms with Crippen molar-refractivity contribution >= 4 is 0 Å². The van der Waals surface area contributed by atoms with Crippen LogP contribution in [0.1, 0.15) is 58.8 Å². The van der Waals surface area contributed by atoms with Gasteiger partial charge in [0.05, 0.1) is 12.2 Å². The minimum atomic E-state index is -0.219. The van der Waals surface area contributed by atoms with Crippen LogP contribution < -0.4 is 0 Å². The van der Waals surface area contributed by atoms with Crippen molar-refractivity contribution in [2.75, 3.05) is 0 Å². The molecule has 1 unspecified atom stereocenters. The molecule has 2 nitrogen and oxygen atoms in total. The van der Waals surface area contributed by atoms with Crippen molar-refractivity contribution < 1.29 is 10.2 Å². The highest BCUT2D eigenvalue weighted by atomic mass is 16.3. The van der Waals surface area contributed by atoms with E-state index in [1.165, 1.54) is 32.1 Å². The Kier molecular flexibility index (Phi) is 3.11. The predicted octanol–water partition coefficient (Wildman–Crippen LogP) is 3.53. The smallest absolute Gasteiger partial charge is 0.0597 e. The number of hydrogen-bond donors (Lipinski definition) is 2. The van der Waals surface area contributed by atoms with Gasteiger partial charge in [-0.25, -0.2) is 0 Å². The fraction of sp³-hybridized carbons (Fsp3) is 0.895. The molecule has 118 valence electrons. The molecule has 3 fully saturated rings. The van der Waals surface area contributed by atoms with E-state index >= 15 is 0 Å². The third-order valence-corrected chi connectivity index (χ3v) is 8.04. The van der Waals surface area contributed by atoms with Gasteiger partial charge < -0.3 is 10.2 Å². The van der Waals surface area contributed by atoms with Gasteiger partial charge in [0.1, 0.15) is 0 Å². The molecule has 0 spiro atoms. The van der Waals surface area contributed by atoms with Crippen LogP contribution in [0, 0.1) is 34.5 Å². The monoisotopic (exact) mass is 290 g/mol. The lowest BCUT2D eigenvalue weighted by Crippen LogP contribution is -2.58. The van der Waals surface area contributed by atoms with Crippen LogP contribution in [-0.4, -0.2) is 22.4 Å². The summed E-state index contributed by atoms with van der Waals surface area (Å²) < 4.78 is 0. The Balaban J connectivity index is 1.72. The van der Waals surface area contributed by atoms with Crippen LogP contribution >= 0.6 is 0 Å². The van der Waals surface area contributed by atoms with Gasteiger partial charge in [-0.1, -0.05) is 26.0 Å². The van der Waals surface area contributed by atoms with Crippen LogP contribution in [0.5, 0.6) is 0 Å². The lowest BCUT2D eigenvalue weighted by Gasteiger charge is -2.60. The van der Waals surface area contributed by atoms with Crippen LogP contribution in [0.4, 0.5) is 0 Å². The molecule has 8 atom stereocenters. The minimum absolute atomic E-state index is 0.0334. The standard InChI is InChI=1S/C19H30O2/c1-18-10-4-3-5-12(18)6-7-13-14-8-9-16(21)19(14,2)11-15(20)17(13)18/h3,5,12-17,20-21H,4,6-11H2,1-2H3/t12?,13-,14-,15+,16-,17+,18-,19-/m0/s1. The number of aliphatic hydroxyl groups is 2. The first-order valence-electron chi connectivity index (χ1n) is 8.99. The second kappa shape index (κ2) is 4.58. The molecule has 3 saturated carbocycles. The topological polar surface area (TPSA) is 40.5 Å². The van der Waals surface area contributed by atoms with Crippen molar-refractivity contribution in [3.05, 3.63) is 12.2 Å². The third-order valence-electron chi connectivity index (χ3n) is 8.04. The molecule has 4 aliphatic carbocycles. The molecule has 4 rings (SSSR count). The number of hydrogen-bond acceptors (Lipinski definition) is 2. The molecule has 0 amide bonds. The second-order valence-corrected chi connectivity index (χ2v) is 8.82. The number of aliphatic hydroxyl groups excluding tert-OH is 2.